The first-order valence-electron chi connectivity index (χ1n) is 6.86. The van der Waals surface area contributed by atoms with E-state index in [1.165, 1.54) is 7.11 Å². The molecule has 1 heterocycles. The smallest absolute Gasteiger partial charge is 0.127 e. The topological polar surface area (TPSA) is 51.0 Å². The quantitative estimate of drug-likeness (QED) is 0.666. The number of rotatable bonds is 2. The minimum Gasteiger partial charge on any atom is -0.507 e. The van der Waals surface area contributed by atoms with Crippen LogP contribution in [0.2, 0.25) is 0 Å². The highest BCUT2D eigenvalue weighted by Crippen LogP contribution is 2.44. The molecule has 4 nitrogen and oxygen atoms in total. The summed E-state index contributed by atoms with van der Waals surface area (Å²) in [5.74, 6) is 1.38. The van der Waals surface area contributed by atoms with Crippen molar-refractivity contribution in [1.29, 1.82) is 0 Å². The zero-order valence-corrected chi connectivity index (χ0v) is 13.1. The van der Waals surface area contributed by atoms with Gasteiger partial charge in [-0.2, -0.15) is 0 Å². The third kappa shape index (κ3) is 2.23. The van der Waals surface area contributed by atoms with Crippen LogP contribution in [0.5, 0.6) is 11.5 Å². The molecule has 110 valence electrons. The lowest BCUT2D eigenvalue weighted by molar-refractivity contribution is 0.0551. The van der Waals surface area contributed by atoms with E-state index < -0.39 is 0 Å². The molecule has 0 fully saturated rings. The van der Waals surface area contributed by atoms with E-state index in [0.29, 0.717) is 5.75 Å². The van der Waals surface area contributed by atoms with Crippen LogP contribution in [0.3, 0.4) is 0 Å². The Labute approximate surface area is 120 Å². The Morgan fingerprint density at radius 2 is 1.90 bits per heavy atom. The van der Waals surface area contributed by atoms with Crippen LogP contribution in [0.25, 0.3) is 0 Å². The van der Waals surface area contributed by atoms with Crippen LogP contribution in [-0.2, 0) is 11.3 Å². The van der Waals surface area contributed by atoms with Gasteiger partial charge in [-0.15, -0.1) is 0 Å². The molecule has 1 aliphatic heterocycles. The summed E-state index contributed by atoms with van der Waals surface area (Å²) in [5, 5.41) is 14.1. The van der Waals surface area contributed by atoms with E-state index in [2.05, 4.69) is 19.0 Å². The van der Waals surface area contributed by atoms with Crippen molar-refractivity contribution in [3.63, 3.8) is 0 Å². The molecule has 0 bridgehead atoms. The van der Waals surface area contributed by atoms with Crippen molar-refractivity contribution < 1.29 is 14.7 Å². The number of nitrogens with zero attached hydrogens (tertiary/aromatic N) is 1. The minimum atomic E-state index is -0.352. The standard InChI is InChI=1S/C16H23NO3/c1-9-10(2)15-13(11(3)14(9)18)7-12(8-17-19-6)16(4,5)20-15/h8,12,18H,7H2,1-6H3. The summed E-state index contributed by atoms with van der Waals surface area (Å²) < 4.78 is 6.22. The maximum absolute atomic E-state index is 10.2. The summed E-state index contributed by atoms with van der Waals surface area (Å²) >= 11 is 0. The molecular formula is C16H23NO3. The molecule has 0 radical (unpaired) electrons. The van der Waals surface area contributed by atoms with Crippen molar-refractivity contribution in [3.8, 4) is 11.5 Å². The van der Waals surface area contributed by atoms with Crippen LogP contribution in [0, 0.1) is 26.7 Å². The fourth-order valence-corrected chi connectivity index (χ4v) is 2.72. The van der Waals surface area contributed by atoms with Gasteiger partial charge in [-0.25, -0.2) is 0 Å². The lowest BCUT2D eigenvalue weighted by Crippen LogP contribution is -2.43. The average Bonchev–Trinajstić information content (AvgIpc) is 2.40. The van der Waals surface area contributed by atoms with E-state index in [0.717, 1.165) is 34.4 Å². The summed E-state index contributed by atoms with van der Waals surface area (Å²) in [6.07, 6.45) is 2.57. The van der Waals surface area contributed by atoms with Gasteiger partial charge in [-0.05, 0) is 57.7 Å². The van der Waals surface area contributed by atoms with Crippen molar-refractivity contribution in [2.24, 2.45) is 11.1 Å². The fourth-order valence-electron chi connectivity index (χ4n) is 2.72. The maximum atomic E-state index is 10.2. The number of aromatic hydroxyl groups is 1. The van der Waals surface area contributed by atoms with Crippen molar-refractivity contribution in [2.45, 2.75) is 46.6 Å². The molecule has 0 aliphatic carbocycles. The molecule has 0 amide bonds. The predicted molar refractivity (Wildman–Crippen MR) is 79.7 cm³/mol. The Balaban J connectivity index is 2.55. The lowest BCUT2D eigenvalue weighted by atomic mass is 9.80. The van der Waals surface area contributed by atoms with Crippen LogP contribution in [0.15, 0.2) is 5.16 Å². The zero-order valence-electron chi connectivity index (χ0n) is 13.1. The number of hydrogen-bond acceptors (Lipinski definition) is 4. The molecule has 1 N–H and O–H groups in total. The van der Waals surface area contributed by atoms with Gasteiger partial charge in [0.2, 0.25) is 0 Å². The summed E-state index contributed by atoms with van der Waals surface area (Å²) in [4.78, 5) is 4.79. The monoisotopic (exact) mass is 277 g/mol. The molecule has 0 saturated heterocycles. The predicted octanol–water partition coefficient (Wildman–Crippen LogP) is 3.28. The molecule has 0 spiro atoms. The number of phenols is 1. The number of ether oxygens (including phenoxy) is 1. The molecule has 0 aromatic heterocycles. The van der Waals surface area contributed by atoms with Crippen LogP contribution in [-0.4, -0.2) is 24.0 Å². The molecule has 1 aromatic rings. The van der Waals surface area contributed by atoms with Gasteiger partial charge in [-0.1, -0.05) is 5.16 Å². The zero-order chi connectivity index (χ0) is 15.1. The molecule has 1 aliphatic rings. The Hall–Kier alpha value is -1.71. The highest BCUT2D eigenvalue weighted by molar-refractivity contribution is 5.66. The van der Waals surface area contributed by atoms with Crippen molar-refractivity contribution in [1.82, 2.24) is 0 Å². The van der Waals surface area contributed by atoms with Gasteiger partial charge in [0.05, 0.1) is 6.21 Å². The number of hydrogen-bond donors (Lipinski definition) is 1. The molecule has 1 unspecified atom stereocenters. The molecule has 1 aromatic carbocycles. The molecule has 20 heavy (non-hydrogen) atoms. The molecule has 4 heteroatoms. The molecular weight excluding hydrogens is 254 g/mol. The van der Waals surface area contributed by atoms with Gasteiger partial charge >= 0.3 is 0 Å². The van der Waals surface area contributed by atoms with E-state index >= 15 is 0 Å². The second kappa shape index (κ2) is 5.00. The second-order valence-electron chi connectivity index (χ2n) is 5.98. The van der Waals surface area contributed by atoms with E-state index in [9.17, 15) is 5.11 Å². The van der Waals surface area contributed by atoms with Crippen molar-refractivity contribution >= 4 is 6.21 Å². The van der Waals surface area contributed by atoms with Crippen LogP contribution < -0.4 is 4.74 Å². The Morgan fingerprint density at radius 1 is 1.25 bits per heavy atom. The first-order chi connectivity index (χ1) is 9.29. The largest absolute Gasteiger partial charge is 0.507 e. The van der Waals surface area contributed by atoms with Gasteiger partial charge in [0, 0.05) is 11.5 Å². The van der Waals surface area contributed by atoms with E-state index in [1.54, 1.807) is 6.21 Å². The van der Waals surface area contributed by atoms with Gasteiger partial charge in [0.25, 0.3) is 0 Å². The third-order valence-electron chi connectivity index (χ3n) is 4.37. The van der Waals surface area contributed by atoms with Crippen molar-refractivity contribution in [2.75, 3.05) is 7.11 Å². The Kier molecular flexibility index (Phi) is 3.67. The first kappa shape index (κ1) is 14.7. The first-order valence-corrected chi connectivity index (χ1v) is 6.86. The van der Waals surface area contributed by atoms with Crippen molar-refractivity contribution in [3.05, 3.63) is 22.3 Å². The van der Waals surface area contributed by atoms with Crippen LogP contribution in [0.1, 0.15) is 36.1 Å². The maximum Gasteiger partial charge on any atom is 0.127 e. The SMILES string of the molecule is CON=CC1Cc2c(C)c(O)c(C)c(C)c2OC1(C)C. The number of oxime groups is 1. The highest BCUT2D eigenvalue weighted by atomic mass is 16.6. The third-order valence-corrected chi connectivity index (χ3v) is 4.37. The molecule has 0 saturated carbocycles. The molecule has 2 rings (SSSR count). The van der Waals surface area contributed by atoms with Gasteiger partial charge < -0.3 is 14.7 Å². The van der Waals surface area contributed by atoms with Crippen LogP contribution >= 0.6 is 0 Å². The van der Waals surface area contributed by atoms with E-state index in [-0.39, 0.29) is 11.5 Å². The van der Waals surface area contributed by atoms with Crippen LogP contribution in [0.4, 0.5) is 0 Å². The van der Waals surface area contributed by atoms with Gasteiger partial charge in [-0.3, -0.25) is 0 Å². The summed E-state index contributed by atoms with van der Waals surface area (Å²) in [7, 11) is 1.53. The number of benzene rings is 1. The van der Waals surface area contributed by atoms with Gasteiger partial charge in [0.1, 0.15) is 24.2 Å². The van der Waals surface area contributed by atoms with Gasteiger partial charge in [0.15, 0.2) is 0 Å². The number of phenolic OH excluding ortho intramolecular Hbond substituents is 1. The summed E-state index contributed by atoms with van der Waals surface area (Å²) in [5.41, 5.74) is 3.52. The average molecular weight is 277 g/mol. The highest BCUT2D eigenvalue weighted by Gasteiger charge is 2.38. The second-order valence-corrected chi connectivity index (χ2v) is 5.98. The lowest BCUT2D eigenvalue weighted by Gasteiger charge is -2.40. The minimum absolute atomic E-state index is 0.107. The Bertz CT molecular complexity index is 562. The summed E-state index contributed by atoms with van der Waals surface area (Å²) in [6.45, 7) is 9.96. The number of fused-ring (bicyclic) bond motifs is 1. The van der Waals surface area contributed by atoms with E-state index in [1.807, 2.05) is 20.8 Å². The fraction of sp³-hybridized carbons (Fsp3) is 0.562. The normalized spacial score (nSPS) is 20.6. The Morgan fingerprint density at radius 3 is 2.50 bits per heavy atom. The molecule has 1 atom stereocenters. The summed E-state index contributed by atoms with van der Waals surface area (Å²) in [6, 6.07) is 0. The van der Waals surface area contributed by atoms with E-state index in [4.69, 9.17) is 9.57 Å².